The summed E-state index contributed by atoms with van der Waals surface area (Å²) in [5.41, 5.74) is 0.880. The van der Waals surface area contributed by atoms with Crippen LogP contribution in [0.2, 0.25) is 0 Å². The van der Waals surface area contributed by atoms with Crippen molar-refractivity contribution in [2.75, 3.05) is 26.4 Å². The smallest absolute Gasteiger partial charge is 0.126 e. The Morgan fingerprint density at radius 3 is 2.73 bits per heavy atom. The quantitative estimate of drug-likeness (QED) is 0.745. The molecule has 0 spiro atoms. The predicted octanol–water partition coefficient (Wildman–Crippen LogP) is 1.32. The van der Waals surface area contributed by atoms with E-state index >= 15 is 0 Å². The SMILES string of the molecule is CC1(C)[C@H]2CC[C@]1(C)[C@H]([NH2+]C[C@H](O)COC[C@@H]1CCCO1)C2. The summed E-state index contributed by atoms with van der Waals surface area (Å²) in [4.78, 5) is 0. The Labute approximate surface area is 134 Å². The van der Waals surface area contributed by atoms with Gasteiger partial charge in [0.25, 0.3) is 0 Å². The van der Waals surface area contributed by atoms with Gasteiger partial charge in [-0.3, -0.25) is 0 Å². The number of quaternary nitrogens is 1. The second kappa shape index (κ2) is 6.39. The zero-order valence-electron chi connectivity index (χ0n) is 14.5. The lowest BCUT2D eigenvalue weighted by molar-refractivity contribution is -0.707. The maximum Gasteiger partial charge on any atom is 0.126 e. The molecule has 128 valence electrons. The lowest BCUT2D eigenvalue weighted by atomic mass is 9.69. The van der Waals surface area contributed by atoms with Gasteiger partial charge < -0.3 is 19.9 Å². The molecule has 4 nitrogen and oxygen atoms in total. The third kappa shape index (κ3) is 2.95. The fourth-order valence-electron chi connectivity index (χ4n) is 5.12. The van der Waals surface area contributed by atoms with Crippen molar-refractivity contribution in [2.24, 2.45) is 16.7 Å². The van der Waals surface area contributed by atoms with Gasteiger partial charge in [-0.2, -0.15) is 0 Å². The summed E-state index contributed by atoms with van der Waals surface area (Å²) in [6.45, 7) is 10.0. The first kappa shape index (κ1) is 16.7. The van der Waals surface area contributed by atoms with Crippen molar-refractivity contribution in [3.8, 4) is 0 Å². The molecule has 1 saturated heterocycles. The largest absolute Gasteiger partial charge is 0.385 e. The Hall–Kier alpha value is -0.160. The number of aliphatic hydroxyl groups excluding tert-OH is 1. The van der Waals surface area contributed by atoms with Gasteiger partial charge in [0.15, 0.2) is 0 Å². The zero-order chi connectivity index (χ0) is 15.8. The van der Waals surface area contributed by atoms with Gasteiger partial charge in [-0.1, -0.05) is 20.8 Å². The Morgan fingerprint density at radius 1 is 1.32 bits per heavy atom. The van der Waals surface area contributed by atoms with Crippen LogP contribution in [0.3, 0.4) is 0 Å². The van der Waals surface area contributed by atoms with Crippen LogP contribution in [0.25, 0.3) is 0 Å². The second-order valence-electron chi connectivity index (χ2n) is 8.51. The minimum atomic E-state index is -0.368. The number of nitrogens with two attached hydrogens (primary N) is 1. The minimum Gasteiger partial charge on any atom is -0.385 e. The maximum absolute atomic E-state index is 10.2. The molecule has 0 radical (unpaired) electrons. The van der Waals surface area contributed by atoms with Gasteiger partial charge in [0, 0.05) is 18.4 Å². The molecule has 1 aliphatic heterocycles. The highest BCUT2D eigenvalue weighted by molar-refractivity contribution is 5.10. The van der Waals surface area contributed by atoms with Crippen molar-refractivity contribution in [2.45, 2.75) is 71.1 Å². The second-order valence-corrected chi connectivity index (χ2v) is 8.51. The molecule has 3 N–H and O–H groups in total. The molecular weight excluding hydrogens is 278 g/mol. The number of ether oxygens (including phenoxy) is 2. The van der Waals surface area contributed by atoms with Gasteiger partial charge in [0.05, 0.1) is 25.4 Å². The molecule has 4 heteroatoms. The van der Waals surface area contributed by atoms with E-state index in [0.717, 1.165) is 31.9 Å². The zero-order valence-corrected chi connectivity index (χ0v) is 14.5. The van der Waals surface area contributed by atoms with Gasteiger partial charge in [0.1, 0.15) is 12.6 Å². The molecule has 2 bridgehead atoms. The Balaban J connectivity index is 1.37. The molecule has 5 atom stereocenters. The third-order valence-electron chi connectivity index (χ3n) is 7.19. The van der Waals surface area contributed by atoms with Crippen LogP contribution < -0.4 is 5.32 Å². The molecule has 22 heavy (non-hydrogen) atoms. The van der Waals surface area contributed by atoms with E-state index < -0.39 is 0 Å². The number of aliphatic hydroxyl groups is 1. The van der Waals surface area contributed by atoms with E-state index in [-0.39, 0.29) is 12.2 Å². The van der Waals surface area contributed by atoms with Crippen LogP contribution in [0.5, 0.6) is 0 Å². The summed E-state index contributed by atoms with van der Waals surface area (Å²) in [5.74, 6) is 0.867. The lowest BCUT2D eigenvalue weighted by Crippen LogP contribution is -2.94. The van der Waals surface area contributed by atoms with Crippen LogP contribution in [-0.4, -0.2) is 49.7 Å². The first-order valence-electron chi connectivity index (χ1n) is 9.14. The first-order valence-corrected chi connectivity index (χ1v) is 9.14. The van der Waals surface area contributed by atoms with E-state index in [1.54, 1.807) is 0 Å². The monoisotopic (exact) mass is 312 g/mol. The van der Waals surface area contributed by atoms with E-state index in [0.29, 0.717) is 30.1 Å². The summed E-state index contributed by atoms with van der Waals surface area (Å²) < 4.78 is 11.2. The molecular formula is C18H34NO3+. The van der Waals surface area contributed by atoms with Crippen molar-refractivity contribution in [3.63, 3.8) is 0 Å². The Kier molecular flexibility index (Phi) is 4.84. The van der Waals surface area contributed by atoms with Gasteiger partial charge >= 0.3 is 0 Å². The minimum absolute atomic E-state index is 0.251. The first-order chi connectivity index (χ1) is 10.4. The van der Waals surface area contributed by atoms with E-state index in [1.807, 2.05) is 0 Å². The van der Waals surface area contributed by atoms with Crippen LogP contribution in [0, 0.1) is 16.7 Å². The fourth-order valence-corrected chi connectivity index (χ4v) is 5.12. The van der Waals surface area contributed by atoms with Gasteiger partial charge in [-0.25, -0.2) is 0 Å². The molecule has 0 amide bonds. The van der Waals surface area contributed by atoms with Gasteiger partial charge in [-0.05, 0) is 37.0 Å². The van der Waals surface area contributed by atoms with Gasteiger partial charge in [0.2, 0.25) is 0 Å². The third-order valence-corrected chi connectivity index (χ3v) is 7.19. The van der Waals surface area contributed by atoms with Crippen molar-refractivity contribution in [3.05, 3.63) is 0 Å². The summed E-state index contributed by atoms with van der Waals surface area (Å²) in [7, 11) is 0. The number of hydrogen-bond donors (Lipinski definition) is 2. The molecule has 3 aliphatic rings. The lowest BCUT2D eigenvalue weighted by Gasteiger charge is -2.37. The molecule has 0 aromatic carbocycles. The Bertz CT molecular complexity index is 381. The molecule has 2 aliphatic carbocycles. The van der Waals surface area contributed by atoms with Crippen molar-refractivity contribution < 1.29 is 19.9 Å². The molecule has 3 fully saturated rings. The molecule has 1 heterocycles. The van der Waals surface area contributed by atoms with E-state index in [1.165, 1.54) is 19.3 Å². The average Bonchev–Trinajstić information content (AvgIpc) is 3.10. The van der Waals surface area contributed by atoms with Gasteiger partial charge in [-0.15, -0.1) is 0 Å². The van der Waals surface area contributed by atoms with E-state index in [4.69, 9.17) is 9.47 Å². The topological polar surface area (TPSA) is 55.3 Å². The standard InChI is InChI=1S/C18H33NO3/c1-17(2)13-6-7-18(17,3)16(9-13)19-10-14(20)11-21-12-15-5-4-8-22-15/h13-16,19-20H,4-12H2,1-3H3/p+1/t13-,14-,15-,16+,18+/m0/s1. The van der Waals surface area contributed by atoms with Crippen LogP contribution in [0.15, 0.2) is 0 Å². The summed E-state index contributed by atoms with van der Waals surface area (Å²) >= 11 is 0. The molecule has 0 aromatic heterocycles. The molecule has 2 saturated carbocycles. The predicted molar refractivity (Wildman–Crippen MR) is 85.6 cm³/mol. The molecule has 3 rings (SSSR count). The fraction of sp³-hybridized carbons (Fsp3) is 1.00. The van der Waals surface area contributed by atoms with E-state index in [9.17, 15) is 5.11 Å². The van der Waals surface area contributed by atoms with Crippen molar-refractivity contribution >= 4 is 0 Å². The van der Waals surface area contributed by atoms with E-state index in [2.05, 4.69) is 26.1 Å². The number of fused-ring (bicyclic) bond motifs is 2. The highest BCUT2D eigenvalue weighted by Crippen LogP contribution is 2.64. The highest BCUT2D eigenvalue weighted by Gasteiger charge is 2.63. The summed E-state index contributed by atoms with van der Waals surface area (Å²) in [6.07, 6.45) is 6.17. The maximum atomic E-state index is 10.2. The van der Waals surface area contributed by atoms with Crippen LogP contribution >= 0.6 is 0 Å². The number of hydrogen-bond acceptors (Lipinski definition) is 3. The normalized spacial score (nSPS) is 41.2. The summed E-state index contributed by atoms with van der Waals surface area (Å²) in [5, 5.41) is 12.6. The average molecular weight is 312 g/mol. The molecule has 0 unspecified atom stereocenters. The molecule has 0 aromatic rings. The van der Waals surface area contributed by atoms with Crippen LogP contribution in [0.1, 0.15) is 52.9 Å². The van der Waals surface area contributed by atoms with Crippen molar-refractivity contribution in [1.82, 2.24) is 0 Å². The highest BCUT2D eigenvalue weighted by atomic mass is 16.5. The van der Waals surface area contributed by atoms with Crippen LogP contribution in [0.4, 0.5) is 0 Å². The van der Waals surface area contributed by atoms with Crippen LogP contribution in [-0.2, 0) is 9.47 Å². The number of rotatable bonds is 7. The van der Waals surface area contributed by atoms with Crippen molar-refractivity contribution in [1.29, 1.82) is 0 Å². The Morgan fingerprint density at radius 2 is 2.14 bits per heavy atom. The summed E-state index contributed by atoms with van der Waals surface area (Å²) in [6, 6.07) is 0.661.